The van der Waals surface area contributed by atoms with Crippen LogP contribution in [-0.4, -0.2) is 34.8 Å². The first-order valence-electron chi connectivity index (χ1n) is 10.2. The van der Waals surface area contributed by atoms with Crippen LogP contribution in [0.4, 0.5) is 13.2 Å². The fourth-order valence-corrected chi connectivity index (χ4v) is 3.12. The van der Waals surface area contributed by atoms with E-state index in [-0.39, 0.29) is 22.9 Å². The van der Waals surface area contributed by atoms with Gasteiger partial charge in [-0.2, -0.15) is 18.3 Å². The van der Waals surface area contributed by atoms with Crippen LogP contribution in [0.15, 0.2) is 48.7 Å². The normalized spacial score (nSPS) is 11.3. The van der Waals surface area contributed by atoms with E-state index in [0.717, 1.165) is 12.1 Å². The Morgan fingerprint density at radius 3 is 2.38 bits per heavy atom. The van der Waals surface area contributed by atoms with Crippen molar-refractivity contribution in [3.8, 4) is 17.2 Å². The van der Waals surface area contributed by atoms with Gasteiger partial charge in [-0.3, -0.25) is 20.4 Å². The Labute approximate surface area is 193 Å². The molecule has 0 saturated heterocycles. The number of nitrogens with one attached hydrogen (secondary N) is 2. The maximum Gasteiger partial charge on any atom is 0.416 e. The number of nitrogens with zero attached hydrogens (tertiary/aromatic N) is 2. The van der Waals surface area contributed by atoms with Crippen molar-refractivity contribution in [3.05, 3.63) is 71.0 Å². The number of methoxy groups -OCH3 is 1. The van der Waals surface area contributed by atoms with Gasteiger partial charge in [0.1, 0.15) is 0 Å². The third kappa shape index (κ3) is 5.48. The predicted molar refractivity (Wildman–Crippen MR) is 117 cm³/mol. The van der Waals surface area contributed by atoms with Gasteiger partial charge in [0.15, 0.2) is 11.5 Å². The van der Waals surface area contributed by atoms with Gasteiger partial charge in [0.05, 0.1) is 41.9 Å². The topological polar surface area (TPSA) is 94.5 Å². The zero-order valence-corrected chi connectivity index (χ0v) is 18.9. The molecule has 3 rings (SSSR count). The van der Waals surface area contributed by atoms with Gasteiger partial charge in [-0.25, -0.2) is 4.68 Å². The van der Waals surface area contributed by atoms with Gasteiger partial charge >= 0.3 is 6.18 Å². The summed E-state index contributed by atoms with van der Waals surface area (Å²) >= 11 is 0. The minimum atomic E-state index is -4.51. The Bertz CT molecular complexity index is 1210. The van der Waals surface area contributed by atoms with E-state index in [1.54, 1.807) is 6.07 Å². The SMILES string of the molecule is COc1cc(C(=O)NNC(=O)c2cnn(-c3cccc(C(F)(F)F)c3)c2C)ccc1OC(C)C. The van der Waals surface area contributed by atoms with E-state index in [1.807, 2.05) is 13.8 Å². The zero-order chi connectivity index (χ0) is 25.0. The molecule has 2 N–H and O–H groups in total. The fraction of sp³-hybridized carbons (Fsp3) is 0.261. The number of hydrogen-bond donors (Lipinski definition) is 2. The number of ether oxygens (including phenoxy) is 2. The molecule has 0 saturated carbocycles. The maximum atomic E-state index is 13.0. The summed E-state index contributed by atoms with van der Waals surface area (Å²) in [5.74, 6) is -0.469. The van der Waals surface area contributed by atoms with Crippen molar-refractivity contribution in [3.63, 3.8) is 0 Å². The molecule has 3 aromatic rings. The lowest BCUT2D eigenvalue weighted by Crippen LogP contribution is -2.41. The number of rotatable bonds is 6. The minimum Gasteiger partial charge on any atom is -0.493 e. The lowest BCUT2D eigenvalue weighted by Gasteiger charge is -2.14. The highest BCUT2D eigenvalue weighted by Crippen LogP contribution is 2.31. The summed E-state index contributed by atoms with van der Waals surface area (Å²) in [4.78, 5) is 25.0. The second-order valence-electron chi connectivity index (χ2n) is 7.54. The van der Waals surface area contributed by atoms with Crippen molar-refractivity contribution >= 4 is 11.8 Å². The number of halogens is 3. The first-order valence-corrected chi connectivity index (χ1v) is 10.2. The average Bonchev–Trinajstić information content (AvgIpc) is 3.18. The Morgan fingerprint density at radius 2 is 1.74 bits per heavy atom. The molecule has 2 aromatic carbocycles. The van der Waals surface area contributed by atoms with E-state index in [0.29, 0.717) is 17.2 Å². The third-order valence-corrected chi connectivity index (χ3v) is 4.75. The summed E-state index contributed by atoms with van der Waals surface area (Å²) in [5.41, 5.74) is 4.47. The van der Waals surface area contributed by atoms with Crippen LogP contribution in [0.2, 0.25) is 0 Å². The Kier molecular flexibility index (Phi) is 7.14. The van der Waals surface area contributed by atoms with Crippen molar-refractivity contribution in [2.45, 2.75) is 33.1 Å². The van der Waals surface area contributed by atoms with E-state index >= 15 is 0 Å². The molecule has 0 unspecified atom stereocenters. The zero-order valence-electron chi connectivity index (χ0n) is 18.9. The molecule has 0 aliphatic rings. The highest BCUT2D eigenvalue weighted by Gasteiger charge is 2.30. The van der Waals surface area contributed by atoms with Crippen molar-refractivity contribution < 1.29 is 32.2 Å². The molecule has 8 nitrogen and oxygen atoms in total. The largest absolute Gasteiger partial charge is 0.493 e. The van der Waals surface area contributed by atoms with Crippen LogP contribution < -0.4 is 20.3 Å². The molecular weight excluding hydrogens is 453 g/mol. The Hall–Kier alpha value is -4.02. The maximum absolute atomic E-state index is 13.0. The van der Waals surface area contributed by atoms with Gasteiger partial charge in [-0.1, -0.05) is 6.07 Å². The minimum absolute atomic E-state index is 0.0796. The summed E-state index contributed by atoms with van der Waals surface area (Å²) < 4.78 is 51.1. The fourth-order valence-electron chi connectivity index (χ4n) is 3.12. The van der Waals surface area contributed by atoms with Crippen molar-refractivity contribution in [2.24, 2.45) is 0 Å². The summed E-state index contributed by atoms with van der Waals surface area (Å²) in [7, 11) is 1.44. The van der Waals surface area contributed by atoms with Gasteiger partial charge < -0.3 is 9.47 Å². The average molecular weight is 476 g/mol. The lowest BCUT2D eigenvalue weighted by atomic mass is 10.2. The summed E-state index contributed by atoms with van der Waals surface area (Å²) in [6.07, 6.45) is -3.39. The Balaban J connectivity index is 1.72. The van der Waals surface area contributed by atoms with Gasteiger partial charge in [0, 0.05) is 5.56 Å². The van der Waals surface area contributed by atoms with E-state index in [4.69, 9.17) is 9.47 Å². The monoisotopic (exact) mass is 476 g/mol. The molecule has 0 bridgehead atoms. The molecule has 0 fully saturated rings. The molecule has 1 heterocycles. The van der Waals surface area contributed by atoms with Crippen LogP contribution in [0.3, 0.4) is 0 Å². The van der Waals surface area contributed by atoms with Crippen LogP contribution in [0, 0.1) is 6.92 Å². The van der Waals surface area contributed by atoms with Gasteiger partial charge in [-0.05, 0) is 57.2 Å². The number of hydrazine groups is 1. The summed E-state index contributed by atoms with van der Waals surface area (Å²) in [6, 6.07) is 9.14. The van der Waals surface area contributed by atoms with E-state index in [2.05, 4.69) is 16.0 Å². The van der Waals surface area contributed by atoms with E-state index in [1.165, 1.54) is 49.2 Å². The molecule has 0 aliphatic heterocycles. The number of aromatic nitrogens is 2. The van der Waals surface area contributed by atoms with Crippen LogP contribution in [0.5, 0.6) is 11.5 Å². The van der Waals surface area contributed by atoms with Gasteiger partial charge in [-0.15, -0.1) is 0 Å². The van der Waals surface area contributed by atoms with Crippen LogP contribution >= 0.6 is 0 Å². The molecule has 180 valence electrons. The van der Waals surface area contributed by atoms with E-state index in [9.17, 15) is 22.8 Å². The highest BCUT2D eigenvalue weighted by atomic mass is 19.4. The lowest BCUT2D eigenvalue weighted by molar-refractivity contribution is -0.137. The van der Waals surface area contributed by atoms with Crippen molar-refractivity contribution in [1.82, 2.24) is 20.6 Å². The molecule has 0 aliphatic carbocycles. The van der Waals surface area contributed by atoms with Crippen LogP contribution in [0.25, 0.3) is 5.69 Å². The van der Waals surface area contributed by atoms with Gasteiger partial charge in [0.2, 0.25) is 0 Å². The second kappa shape index (κ2) is 9.86. The number of alkyl halides is 3. The first kappa shape index (κ1) is 24.6. The molecule has 34 heavy (non-hydrogen) atoms. The molecule has 2 amide bonds. The van der Waals surface area contributed by atoms with Crippen LogP contribution in [-0.2, 0) is 6.18 Å². The Morgan fingerprint density at radius 1 is 1.03 bits per heavy atom. The van der Waals surface area contributed by atoms with Crippen LogP contribution in [0.1, 0.15) is 45.8 Å². The smallest absolute Gasteiger partial charge is 0.416 e. The molecule has 1 aromatic heterocycles. The third-order valence-electron chi connectivity index (χ3n) is 4.75. The number of amides is 2. The molecular formula is C23H23F3N4O4. The first-order chi connectivity index (χ1) is 16.0. The predicted octanol–water partition coefficient (Wildman–Crippen LogP) is 4.07. The second-order valence-corrected chi connectivity index (χ2v) is 7.54. The standard InChI is InChI=1S/C23H23F3N4O4/c1-13(2)34-19-9-8-15(10-20(19)33-4)21(31)28-29-22(32)18-12-27-30(14(18)3)17-7-5-6-16(11-17)23(24,25)26/h5-13H,1-4H3,(H,28,31)(H,29,32). The number of hydrogen-bond acceptors (Lipinski definition) is 5. The van der Waals surface area contributed by atoms with Gasteiger partial charge in [0.25, 0.3) is 11.8 Å². The van der Waals surface area contributed by atoms with Crippen molar-refractivity contribution in [1.29, 1.82) is 0 Å². The number of carbonyl (C=O) groups excluding carboxylic acids is 2. The molecule has 11 heteroatoms. The number of carbonyl (C=O) groups is 2. The van der Waals surface area contributed by atoms with Crippen molar-refractivity contribution in [2.75, 3.05) is 7.11 Å². The molecule has 0 atom stereocenters. The summed E-state index contributed by atoms with van der Waals surface area (Å²) in [5, 5.41) is 4.02. The molecule has 0 radical (unpaired) electrons. The number of benzene rings is 2. The van der Waals surface area contributed by atoms with E-state index < -0.39 is 23.6 Å². The quantitative estimate of drug-likeness (QED) is 0.523. The highest BCUT2D eigenvalue weighted by molar-refractivity contribution is 5.99. The summed E-state index contributed by atoms with van der Waals surface area (Å²) in [6.45, 7) is 5.24. The molecule has 0 spiro atoms.